The molecule has 0 heterocycles. The highest BCUT2D eigenvalue weighted by Crippen LogP contribution is 2.08. The fourth-order valence-electron chi connectivity index (χ4n) is 0.925. The van der Waals surface area contributed by atoms with Gasteiger partial charge in [0.05, 0.1) is 6.10 Å². The molecule has 0 spiro atoms. The van der Waals surface area contributed by atoms with Crippen molar-refractivity contribution >= 4 is 11.8 Å². The van der Waals surface area contributed by atoms with E-state index in [0.29, 0.717) is 11.1 Å². The van der Waals surface area contributed by atoms with Gasteiger partial charge in [0.25, 0.3) is 0 Å². The van der Waals surface area contributed by atoms with Crippen molar-refractivity contribution in [1.82, 2.24) is 10.6 Å². The normalized spacial score (nSPS) is 12.5. The molecule has 0 aliphatic carbocycles. The van der Waals surface area contributed by atoms with Crippen LogP contribution in [0.4, 0.5) is 0 Å². The lowest BCUT2D eigenvalue weighted by atomic mass is 10.1. The lowest BCUT2D eigenvalue weighted by Crippen LogP contribution is -2.64. The maximum atomic E-state index is 11.5. The van der Waals surface area contributed by atoms with Crippen molar-refractivity contribution in [3.63, 3.8) is 0 Å². The fraction of sp³-hybridized carbons (Fsp3) is 0.500. The molecule has 0 aliphatic rings. The van der Waals surface area contributed by atoms with Crippen molar-refractivity contribution in [3.05, 3.63) is 24.3 Å². The van der Waals surface area contributed by atoms with Crippen molar-refractivity contribution in [3.8, 4) is 0 Å². The molecule has 0 radical (unpaired) electrons. The van der Waals surface area contributed by atoms with Gasteiger partial charge in [-0.05, 0) is 27.7 Å². The van der Waals surface area contributed by atoms with Gasteiger partial charge in [-0.1, -0.05) is 13.2 Å². The molecule has 0 rings (SSSR count). The molecule has 5 heteroatoms. The van der Waals surface area contributed by atoms with Gasteiger partial charge in [0.2, 0.25) is 11.8 Å². The Kier molecular flexibility index (Phi) is 5.10. The van der Waals surface area contributed by atoms with Crippen LogP contribution in [0.3, 0.4) is 0 Å². The smallest absolute Gasteiger partial charge is 0.248 e. The maximum Gasteiger partial charge on any atom is 0.248 e. The molecule has 0 saturated heterocycles. The fourth-order valence-corrected chi connectivity index (χ4v) is 0.925. The molecular weight excluding hydrogens is 220 g/mol. The molecule has 0 aromatic carbocycles. The van der Waals surface area contributed by atoms with Crippen LogP contribution in [0.1, 0.15) is 27.7 Å². The first-order valence-electron chi connectivity index (χ1n) is 5.24. The summed E-state index contributed by atoms with van der Waals surface area (Å²) in [5.41, 5.74) is -0.672. The van der Waals surface area contributed by atoms with Crippen LogP contribution in [0, 0.1) is 0 Å². The first-order chi connectivity index (χ1) is 7.60. The lowest BCUT2D eigenvalue weighted by molar-refractivity contribution is -0.125. The van der Waals surface area contributed by atoms with Crippen LogP contribution in [0.25, 0.3) is 0 Å². The van der Waals surface area contributed by atoms with Crippen LogP contribution in [0.15, 0.2) is 24.3 Å². The number of rotatable bonds is 5. The molecule has 0 aliphatic heterocycles. The highest BCUT2D eigenvalue weighted by Gasteiger charge is 2.33. The molecule has 17 heavy (non-hydrogen) atoms. The van der Waals surface area contributed by atoms with Crippen LogP contribution in [0.2, 0.25) is 0 Å². The lowest BCUT2D eigenvalue weighted by Gasteiger charge is -2.34. The Balaban J connectivity index is 4.92. The molecular formula is C12H20N2O3. The molecule has 3 N–H and O–H groups in total. The average Bonchev–Trinajstić information content (AvgIpc) is 2.16. The molecule has 0 fully saturated rings. The predicted molar refractivity (Wildman–Crippen MR) is 66.0 cm³/mol. The Labute approximate surface area is 102 Å². The summed E-state index contributed by atoms with van der Waals surface area (Å²) in [4.78, 5) is 23.0. The van der Waals surface area contributed by atoms with E-state index < -0.39 is 23.6 Å². The first-order valence-corrected chi connectivity index (χ1v) is 5.24. The standard InChI is InChI=1S/C12H20N2O3/c1-7(2)10(16)13-12(6,9(5)15)14-11(17)8(3)4/h9,15H,1,3H2,2,4-6H3,(H,13,16)(H,14,17). The van der Waals surface area contributed by atoms with Crippen LogP contribution in [0.5, 0.6) is 0 Å². The van der Waals surface area contributed by atoms with Gasteiger partial charge >= 0.3 is 0 Å². The Hall–Kier alpha value is -1.62. The molecule has 0 aromatic heterocycles. The largest absolute Gasteiger partial charge is 0.389 e. The van der Waals surface area contributed by atoms with Gasteiger partial charge in [-0.15, -0.1) is 0 Å². The monoisotopic (exact) mass is 240 g/mol. The van der Waals surface area contributed by atoms with E-state index >= 15 is 0 Å². The van der Waals surface area contributed by atoms with E-state index in [4.69, 9.17) is 0 Å². The Morgan fingerprint density at radius 2 is 1.41 bits per heavy atom. The second-order valence-corrected chi connectivity index (χ2v) is 4.35. The summed E-state index contributed by atoms with van der Waals surface area (Å²) in [7, 11) is 0. The number of nitrogens with one attached hydrogen (secondary N) is 2. The van der Waals surface area contributed by atoms with Crippen LogP contribution in [-0.2, 0) is 9.59 Å². The third-order valence-electron chi connectivity index (χ3n) is 2.36. The average molecular weight is 240 g/mol. The Morgan fingerprint density at radius 1 is 1.12 bits per heavy atom. The highest BCUT2D eigenvalue weighted by molar-refractivity contribution is 5.95. The minimum absolute atomic E-state index is 0.293. The Morgan fingerprint density at radius 3 is 1.59 bits per heavy atom. The molecule has 5 nitrogen and oxygen atoms in total. The minimum Gasteiger partial charge on any atom is -0.389 e. The minimum atomic E-state index is -1.26. The topological polar surface area (TPSA) is 78.4 Å². The number of hydrogen-bond donors (Lipinski definition) is 3. The van der Waals surface area contributed by atoms with E-state index in [1.165, 1.54) is 13.8 Å². The van der Waals surface area contributed by atoms with Crippen molar-refractivity contribution in [1.29, 1.82) is 0 Å². The van der Waals surface area contributed by atoms with E-state index in [0.717, 1.165) is 0 Å². The quantitative estimate of drug-likeness (QED) is 0.483. The summed E-state index contributed by atoms with van der Waals surface area (Å²) < 4.78 is 0. The molecule has 1 atom stereocenters. The van der Waals surface area contributed by atoms with Gasteiger partial charge in [0.15, 0.2) is 0 Å². The van der Waals surface area contributed by atoms with Crippen molar-refractivity contribution in [2.24, 2.45) is 0 Å². The first kappa shape index (κ1) is 15.4. The summed E-state index contributed by atoms with van der Waals surface area (Å²) in [5.74, 6) is -0.870. The summed E-state index contributed by atoms with van der Waals surface area (Å²) in [6.45, 7) is 13.0. The van der Waals surface area contributed by atoms with Gasteiger partial charge in [-0.25, -0.2) is 0 Å². The SMILES string of the molecule is C=C(C)C(=O)NC(C)(NC(=O)C(=C)C)C(C)O. The van der Waals surface area contributed by atoms with E-state index in [1.54, 1.807) is 13.8 Å². The summed E-state index contributed by atoms with van der Waals surface area (Å²) in [6.07, 6.45) is -0.964. The summed E-state index contributed by atoms with van der Waals surface area (Å²) in [6, 6.07) is 0. The maximum absolute atomic E-state index is 11.5. The van der Waals surface area contributed by atoms with Gasteiger partial charge < -0.3 is 15.7 Å². The van der Waals surface area contributed by atoms with E-state index in [1.807, 2.05) is 0 Å². The number of amides is 2. The number of carbonyl (C=O) groups excluding carboxylic acids is 2. The van der Waals surface area contributed by atoms with Crippen molar-refractivity contribution in [2.45, 2.75) is 39.5 Å². The molecule has 0 bridgehead atoms. The molecule has 96 valence electrons. The number of carbonyl (C=O) groups is 2. The molecule has 0 aromatic rings. The second kappa shape index (κ2) is 5.63. The second-order valence-electron chi connectivity index (χ2n) is 4.35. The molecule has 1 unspecified atom stereocenters. The zero-order chi connectivity index (χ0) is 13.8. The van der Waals surface area contributed by atoms with Gasteiger partial charge in [0.1, 0.15) is 5.66 Å². The zero-order valence-electron chi connectivity index (χ0n) is 10.8. The number of hydrogen-bond acceptors (Lipinski definition) is 3. The van der Waals surface area contributed by atoms with Gasteiger partial charge in [0, 0.05) is 11.1 Å². The van der Waals surface area contributed by atoms with Crippen molar-refractivity contribution in [2.75, 3.05) is 0 Å². The van der Waals surface area contributed by atoms with Crippen LogP contribution in [-0.4, -0.2) is 28.7 Å². The Bertz CT molecular complexity index is 331. The van der Waals surface area contributed by atoms with E-state index in [9.17, 15) is 14.7 Å². The van der Waals surface area contributed by atoms with E-state index in [2.05, 4.69) is 23.8 Å². The van der Waals surface area contributed by atoms with Crippen LogP contribution < -0.4 is 10.6 Å². The van der Waals surface area contributed by atoms with Gasteiger partial charge in [-0.2, -0.15) is 0 Å². The third kappa shape index (κ3) is 4.40. The highest BCUT2D eigenvalue weighted by atomic mass is 16.3. The summed E-state index contributed by atoms with van der Waals surface area (Å²) >= 11 is 0. The van der Waals surface area contributed by atoms with Crippen LogP contribution >= 0.6 is 0 Å². The predicted octanol–water partition coefficient (Wildman–Crippen LogP) is 0.468. The molecule has 2 amide bonds. The zero-order valence-corrected chi connectivity index (χ0v) is 10.8. The third-order valence-corrected chi connectivity index (χ3v) is 2.36. The van der Waals surface area contributed by atoms with Gasteiger partial charge in [-0.3, -0.25) is 9.59 Å². The number of aliphatic hydroxyl groups excluding tert-OH is 1. The number of aliphatic hydroxyl groups is 1. The molecule has 0 saturated carbocycles. The van der Waals surface area contributed by atoms with Crippen molar-refractivity contribution < 1.29 is 14.7 Å². The van der Waals surface area contributed by atoms with E-state index in [-0.39, 0.29) is 0 Å². The summed E-state index contributed by atoms with van der Waals surface area (Å²) in [5, 5.41) is 14.7.